The van der Waals surface area contributed by atoms with Gasteiger partial charge in [0.2, 0.25) is 0 Å². The van der Waals surface area contributed by atoms with Crippen LogP contribution < -0.4 is 10.6 Å². The molecule has 0 aromatic carbocycles. The van der Waals surface area contributed by atoms with Crippen molar-refractivity contribution in [2.24, 2.45) is 0 Å². The van der Waals surface area contributed by atoms with Gasteiger partial charge in [0.15, 0.2) is 5.76 Å². The Kier molecular flexibility index (Phi) is 3.48. The van der Waals surface area contributed by atoms with E-state index in [0.29, 0.717) is 5.76 Å². The fourth-order valence-corrected chi connectivity index (χ4v) is 0.719. The third-order valence-corrected chi connectivity index (χ3v) is 1.31. The summed E-state index contributed by atoms with van der Waals surface area (Å²) in [6.45, 7) is -0.242. The Labute approximate surface area is 79.1 Å². The summed E-state index contributed by atoms with van der Waals surface area (Å²) in [6.07, 6.45) is 1.45. The number of carbonyl (C=O) groups excluding carboxylic acids is 1. The van der Waals surface area contributed by atoms with Crippen molar-refractivity contribution in [2.45, 2.75) is 6.54 Å². The van der Waals surface area contributed by atoms with E-state index in [4.69, 9.17) is 9.63 Å². The highest BCUT2D eigenvalue weighted by molar-refractivity contribution is 5.79. The molecule has 14 heavy (non-hydrogen) atoms. The molecule has 76 valence electrons. The van der Waals surface area contributed by atoms with E-state index in [2.05, 4.69) is 15.8 Å². The third-order valence-electron chi connectivity index (χ3n) is 1.31. The van der Waals surface area contributed by atoms with E-state index >= 15 is 0 Å². The van der Waals surface area contributed by atoms with Crippen LogP contribution >= 0.6 is 0 Å². The van der Waals surface area contributed by atoms with Crippen molar-refractivity contribution in [1.29, 1.82) is 0 Å². The number of carboxylic acid groups (broad SMARTS) is 1. The molecule has 1 aromatic heterocycles. The molecule has 1 aromatic rings. The van der Waals surface area contributed by atoms with Crippen LogP contribution in [0.1, 0.15) is 5.76 Å². The summed E-state index contributed by atoms with van der Waals surface area (Å²) in [6, 6.07) is 1.03. The number of aromatic nitrogens is 1. The van der Waals surface area contributed by atoms with Crippen LogP contribution in [0.2, 0.25) is 0 Å². The fourth-order valence-electron chi connectivity index (χ4n) is 0.719. The Morgan fingerprint density at radius 2 is 2.29 bits per heavy atom. The van der Waals surface area contributed by atoms with Crippen LogP contribution in [0.3, 0.4) is 0 Å². The second-order valence-corrected chi connectivity index (χ2v) is 2.41. The molecule has 0 spiro atoms. The van der Waals surface area contributed by atoms with Crippen molar-refractivity contribution in [3.05, 3.63) is 18.0 Å². The highest BCUT2D eigenvalue weighted by atomic mass is 16.5. The molecular formula is C7H9N3O4. The van der Waals surface area contributed by atoms with Gasteiger partial charge in [-0.25, -0.2) is 4.79 Å². The van der Waals surface area contributed by atoms with E-state index in [-0.39, 0.29) is 6.54 Å². The summed E-state index contributed by atoms with van der Waals surface area (Å²) in [5.41, 5.74) is 0. The maximum atomic E-state index is 10.9. The molecule has 0 aliphatic carbocycles. The average molecular weight is 199 g/mol. The second kappa shape index (κ2) is 4.85. The monoisotopic (exact) mass is 199 g/mol. The van der Waals surface area contributed by atoms with Gasteiger partial charge >= 0.3 is 12.0 Å². The van der Waals surface area contributed by atoms with Crippen LogP contribution in [0, 0.1) is 0 Å². The minimum absolute atomic E-state index is 0.172. The average Bonchev–Trinajstić information content (AvgIpc) is 2.63. The van der Waals surface area contributed by atoms with E-state index in [1.165, 1.54) is 6.20 Å². The Bertz CT molecular complexity index is 309. The molecule has 7 heteroatoms. The quantitative estimate of drug-likeness (QED) is 0.609. The largest absolute Gasteiger partial charge is 0.480 e. The third kappa shape index (κ3) is 3.57. The van der Waals surface area contributed by atoms with Crippen molar-refractivity contribution in [3.63, 3.8) is 0 Å². The normalized spacial score (nSPS) is 9.43. The first-order valence-electron chi connectivity index (χ1n) is 3.81. The van der Waals surface area contributed by atoms with Gasteiger partial charge in [-0.1, -0.05) is 5.16 Å². The number of nitrogens with zero attached hydrogens (tertiary/aromatic N) is 1. The number of aliphatic carboxylic acids is 1. The Morgan fingerprint density at radius 3 is 2.86 bits per heavy atom. The van der Waals surface area contributed by atoms with Gasteiger partial charge in [0.25, 0.3) is 0 Å². The summed E-state index contributed by atoms with van der Waals surface area (Å²) in [7, 11) is 0. The van der Waals surface area contributed by atoms with Crippen molar-refractivity contribution in [1.82, 2.24) is 15.8 Å². The lowest BCUT2D eigenvalue weighted by molar-refractivity contribution is -0.135. The number of urea groups is 1. The first kappa shape index (κ1) is 10.0. The lowest BCUT2D eigenvalue weighted by Gasteiger charge is -2.02. The van der Waals surface area contributed by atoms with Gasteiger partial charge in [0.1, 0.15) is 6.54 Å². The number of rotatable bonds is 4. The van der Waals surface area contributed by atoms with Crippen LogP contribution in [0.4, 0.5) is 4.79 Å². The van der Waals surface area contributed by atoms with Crippen LogP contribution in [0.15, 0.2) is 16.8 Å². The first-order chi connectivity index (χ1) is 6.68. The number of nitrogens with one attached hydrogen (secondary N) is 2. The predicted molar refractivity (Wildman–Crippen MR) is 44.4 cm³/mol. The molecule has 0 aliphatic heterocycles. The molecule has 0 unspecified atom stereocenters. The fraction of sp³-hybridized carbons (Fsp3) is 0.286. The Balaban J connectivity index is 2.18. The molecule has 2 amide bonds. The Morgan fingerprint density at radius 1 is 1.50 bits per heavy atom. The highest BCUT2D eigenvalue weighted by Crippen LogP contribution is 1.94. The lowest BCUT2D eigenvalue weighted by Crippen LogP contribution is -2.37. The molecule has 0 bridgehead atoms. The topological polar surface area (TPSA) is 104 Å². The standard InChI is InChI=1S/C7H9N3O4/c11-6(12)4-9-7(13)8-3-5-1-2-10-14-5/h1-2H,3-4H2,(H,11,12)(H2,8,9,13). The molecule has 0 aliphatic rings. The molecule has 0 radical (unpaired) electrons. The summed E-state index contributed by atoms with van der Waals surface area (Å²) in [5.74, 6) is -0.602. The molecule has 0 fully saturated rings. The maximum Gasteiger partial charge on any atom is 0.323 e. The molecule has 0 saturated heterocycles. The van der Waals surface area contributed by atoms with Crippen molar-refractivity contribution >= 4 is 12.0 Å². The van der Waals surface area contributed by atoms with Crippen LogP contribution in [-0.2, 0) is 11.3 Å². The molecule has 0 saturated carbocycles. The van der Waals surface area contributed by atoms with Crippen LogP contribution in [0.5, 0.6) is 0 Å². The smallest absolute Gasteiger partial charge is 0.323 e. The van der Waals surface area contributed by atoms with E-state index in [1.807, 2.05) is 0 Å². The molecule has 0 atom stereocenters. The summed E-state index contributed by atoms with van der Waals surface area (Å²) in [4.78, 5) is 21.0. The molecule has 3 N–H and O–H groups in total. The van der Waals surface area contributed by atoms with Gasteiger partial charge in [-0.15, -0.1) is 0 Å². The van der Waals surface area contributed by atoms with Crippen molar-refractivity contribution in [2.75, 3.05) is 6.54 Å². The van der Waals surface area contributed by atoms with Gasteiger partial charge in [-0.2, -0.15) is 0 Å². The predicted octanol–water partition coefficient (Wildman–Crippen LogP) is -0.442. The zero-order valence-corrected chi connectivity index (χ0v) is 7.19. The van der Waals surface area contributed by atoms with Gasteiger partial charge in [-0.05, 0) is 0 Å². The summed E-state index contributed by atoms with van der Waals surface area (Å²) in [5, 5.41) is 16.2. The van der Waals surface area contributed by atoms with Gasteiger partial charge in [-0.3, -0.25) is 4.79 Å². The van der Waals surface area contributed by atoms with Gasteiger partial charge < -0.3 is 20.3 Å². The lowest BCUT2D eigenvalue weighted by atomic mass is 10.4. The molecular weight excluding hydrogens is 190 g/mol. The second-order valence-electron chi connectivity index (χ2n) is 2.41. The number of amides is 2. The van der Waals surface area contributed by atoms with Gasteiger partial charge in [0, 0.05) is 6.07 Å². The van der Waals surface area contributed by atoms with Crippen molar-refractivity contribution < 1.29 is 19.2 Å². The number of carbonyl (C=O) groups is 2. The molecule has 1 rings (SSSR count). The SMILES string of the molecule is O=C(O)CNC(=O)NCc1ccno1. The zero-order chi connectivity index (χ0) is 10.4. The molecule has 1 heterocycles. The van der Waals surface area contributed by atoms with Crippen LogP contribution in [0.25, 0.3) is 0 Å². The highest BCUT2D eigenvalue weighted by Gasteiger charge is 2.03. The number of carboxylic acids is 1. The van der Waals surface area contributed by atoms with E-state index < -0.39 is 18.5 Å². The zero-order valence-electron chi connectivity index (χ0n) is 7.19. The summed E-state index contributed by atoms with van der Waals surface area (Å²) >= 11 is 0. The maximum absolute atomic E-state index is 10.9. The van der Waals surface area contributed by atoms with Crippen LogP contribution in [-0.4, -0.2) is 28.8 Å². The molecule has 7 nitrogen and oxygen atoms in total. The Hall–Kier alpha value is -2.05. The van der Waals surface area contributed by atoms with Crippen molar-refractivity contribution in [3.8, 4) is 0 Å². The number of hydrogen-bond donors (Lipinski definition) is 3. The summed E-state index contributed by atoms with van der Waals surface area (Å²) < 4.78 is 4.70. The minimum atomic E-state index is -1.10. The van der Waals surface area contributed by atoms with E-state index in [0.717, 1.165) is 0 Å². The van der Waals surface area contributed by atoms with E-state index in [1.54, 1.807) is 6.07 Å². The van der Waals surface area contributed by atoms with Gasteiger partial charge in [0.05, 0.1) is 12.7 Å². The minimum Gasteiger partial charge on any atom is -0.480 e. The first-order valence-corrected chi connectivity index (χ1v) is 3.81. The van der Waals surface area contributed by atoms with E-state index in [9.17, 15) is 9.59 Å². The number of hydrogen-bond acceptors (Lipinski definition) is 4.